The molecule has 0 atom stereocenters. The molecule has 0 aromatic heterocycles. The normalized spacial score (nSPS) is 12.2. The Morgan fingerprint density at radius 2 is 1.77 bits per heavy atom. The van der Waals surface area contributed by atoms with Crippen molar-refractivity contribution in [3.8, 4) is 0 Å². The van der Waals surface area contributed by atoms with Gasteiger partial charge in [0.1, 0.15) is 0 Å². The lowest BCUT2D eigenvalue weighted by Gasteiger charge is -1.97. The van der Waals surface area contributed by atoms with E-state index in [1.807, 2.05) is 6.92 Å². The van der Waals surface area contributed by atoms with Crippen LogP contribution in [0.5, 0.6) is 0 Å². The summed E-state index contributed by atoms with van der Waals surface area (Å²) in [6.07, 6.45) is 0.0230. The third kappa shape index (κ3) is 2.39. The molecule has 0 N–H and O–H groups in total. The van der Waals surface area contributed by atoms with Gasteiger partial charge in [0.15, 0.2) is 0 Å². The monoisotopic (exact) mass is 200 g/mol. The van der Waals surface area contributed by atoms with Crippen LogP contribution in [0.25, 0.3) is 0 Å². The van der Waals surface area contributed by atoms with Crippen molar-refractivity contribution < 1.29 is 12.8 Å². The minimum absolute atomic E-state index is 0.0230. The second kappa shape index (κ2) is 3.70. The first-order valence-electron chi connectivity index (χ1n) is 3.65. The van der Waals surface area contributed by atoms with Crippen molar-refractivity contribution >= 4 is 9.84 Å². The van der Waals surface area contributed by atoms with Gasteiger partial charge < -0.3 is 0 Å². The minimum Gasteiger partial charge on any atom is -0.219 e. The molecular weight excluding hydrogens is 191 g/mol. The molecule has 0 bridgehead atoms. The lowest BCUT2D eigenvalue weighted by molar-refractivity contribution is 0.603. The predicted octanol–water partition coefficient (Wildman–Crippen LogP) is 2.21. The van der Waals surface area contributed by atoms with Crippen LogP contribution in [-0.4, -0.2) is 8.42 Å². The average Bonchev–Trinajstić information content (AvgIpc) is 2.05. The maximum atomic E-state index is 11.7. The summed E-state index contributed by atoms with van der Waals surface area (Å²) in [6, 6.07) is 6.23. The molecule has 0 aliphatic heterocycles. The highest BCUT2D eigenvalue weighted by Crippen LogP contribution is 2.12. The van der Waals surface area contributed by atoms with Crippen molar-refractivity contribution in [2.45, 2.75) is 11.8 Å². The van der Waals surface area contributed by atoms with E-state index in [9.17, 15) is 12.8 Å². The lowest BCUT2D eigenvalue weighted by Crippen LogP contribution is -1.95. The van der Waals surface area contributed by atoms with Crippen LogP contribution in [0.2, 0.25) is 0 Å². The third-order valence-corrected chi connectivity index (χ3v) is 2.97. The summed E-state index contributed by atoms with van der Waals surface area (Å²) in [5.41, 5.74) is 0.961. The maximum Gasteiger partial charge on any atom is 0.202 e. The van der Waals surface area contributed by atoms with Crippen LogP contribution in [0.3, 0.4) is 0 Å². The Morgan fingerprint density at radius 1 is 1.23 bits per heavy atom. The lowest BCUT2D eigenvalue weighted by atomic mass is 10.2. The van der Waals surface area contributed by atoms with Gasteiger partial charge in [0.25, 0.3) is 0 Å². The van der Waals surface area contributed by atoms with Gasteiger partial charge in [0, 0.05) is 0 Å². The summed E-state index contributed by atoms with van der Waals surface area (Å²) in [6.45, 7) is 1.85. The van der Waals surface area contributed by atoms with E-state index in [2.05, 4.69) is 0 Å². The van der Waals surface area contributed by atoms with E-state index in [1.165, 1.54) is 12.1 Å². The molecule has 1 aromatic rings. The molecule has 0 spiro atoms. The van der Waals surface area contributed by atoms with Crippen LogP contribution < -0.4 is 0 Å². The number of halogens is 1. The Balaban J connectivity index is 3.17. The fourth-order valence-corrected chi connectivity index (χ4v) is 1.68. The van der Waals surface area contributed by atoms with E-state index >= 15 is 0 Å². The molecule has 4 heteroatoms. The van der Waals surface area contributed by atoms with Crippen molar-refractivity contribution in [2.75, 3.05) is 0 Å². The molecule has 70 valence electrons. The molecule has 1 rings (SSSR count). The van der Waals surface area contributed by atoms with Gasteiger partial charge in [-0.25, -0.2) is 12.8 Å². The Hall–Kier alpha value is -1.16. The Morgan fingerprint density at radius 3 is 2.23 bits per heavy atom. The molecular formula is C9H9FO2S. The number of sulfone groups is 1. The van der Waals surface area contributed by atoms with Crippen molar-refractivity contribution in [3.05, 3.63) is 41.6 Å². The van der Waals surface area contributed by atoms with Crippen molar-refractivity contribution in [3.63, 3.8) is 0 Å². The second-order valence-corrected chi connectivity index (χ2v) is 4.45. The molecule has 0 unspecified atom stereocenters. The Bertz CT molecular complexity index is 404. The molecule has 0 amide bonds. The standard InChI is InChI=1S/C9H9FO2S/c1-8-2-4-9(5-3-8)13(11,12)7-6-10/h2-7H,1H3/b7-6+. The third-order valence-electron chi connectivity index (χ3n) is 1.58. The highest BCUT2D eigenvalue weighted by molar-refractivity contribution is 7.94. The zero-order valence-corrected chi connectivity index (χ0v) is 7.88. The first-order valence-corrected chi connectivity index (χ1v) is 5.19. The molecule has 0 fully saturated rings. The van der Waals surface area contributed by atoms with Gasteiger partial charge in [-0.15, -0.1) is 0 Å². The van der Waals surface area contributed by atoms with Crippen LogP contribution in [0.1, 0.15) is 5.56 Å². The van der Waals surface area contributed by atoms with E-state index in [-0.39, 0.29) is 11.2 Å². The zero-order valence-electron chi connectivity index (χ0n) is 7.07. The quantitative estimate of drug-likeness (QED) is 0.733. The van der Waals surface area contributed by atoms with Gasteiger partial charge in [-0.1, -0.05) is 17.7 Å². The molecule has 0 saturated carbocycles. The molecule has 1 aromatic carbocycles. The van der Waals surface area contributed by atoms with Crippen LogP contribution in [0.4, 0.5) is 4.39 Å². The van der Waals surface area contributed by atoms with E-state index in [0.717, 1.165) is 5.56 Å². The van der Waals surface area contributed by atoms with Gasteiger partial charge in [0.2, 0.25) is 9.84 Å². The summed E-state index contributed by atoms with van der Waals surface area (Å²) < 4.78 is 34.1. The molecule has 0 saturated heterocycles. The van der Waals surface area contributed by atoms with Crippen LogP contribution in [0, 0.1) is 6.92 Å². The maximum absolute atomic E-state index is 11.7. The van der Waals surface area contributed by atoms with E-state index in [1.54, 1.807) is 12.1 Å². The minimum atomic E-state index is -3.58. The average molecular weight is 200 g/mol. The topological polar surface area (TPSA) is 34.1 Å². The Kier molecular flexibility index (Phi) is 2.83. The summed E-state index contributed by atoms with van der Waals surface area (Å²) in [4.78, 5) is 0.104. The number of aryl methyl sites for hydroxylation is 1. The van der Waals surface area contributed by atoms with E-state index in [4.69, 9.17) is 0 Å². The fraction of sp³-hybridized carbons (Fsp3) is 0.111. The van der Waals surface area contributed by atoms with Gasteiger partial charge in [-0.3, -0.25) is 0 Å². The molecule has 0 aliphatic carbocycles. The summed E-state index contributed by atoms with van der Waals surface area (Å²) in [5.74, 6) is 0. The van der Waals surface area contributed by atoms with Crippen molar-refractivity contribution in [1.29, 1.82) is 0 Å². The molecule has 13 heavy (non-hydrogen) atoms. The number of hydrogen-bond acceptors (Lipinski definition) is 2. The molecule has 0 radical (unpaired) electrons. The highest BCUT2D eigenvalue weighted by Gasteiger charge is 2.08. The summed E-state index contributed by atoms with van der Waals surface area (Å²) in [5, 5.41) is 0.539. The molecule has 0 aliphatic rings. The zero-order chi connectivity index (χ0) is 9.90. The van der Waals surface area contributed by atoms with E-state index < -0.39 is 9.84 Å². The number of benzene rings is 1. The first-order chi connectivity index (χ1) is 6.06. The molecule has 2 nitrogen and oxygen atoms in total. The highest BCUT2D eigenvalue weighted by atomic mass is 32.2. The fourth-order valence-electron chi connectivity index (χ4n) is 0.874. The number of hydrogen-bond donors (Lipinski definition) is 0. The molecule has 0 heterocycles. The summed E-state index contributed by atoms with van der Waals surface area (Å²) in [7, 11) is -3.58. The second-order valence-electron chi connectivity index (χ2n) is 2.62. The van der Waals surface area contributed by atoms with Crippen LogP contribution in [-0.2, 0) is 9.84 Å². The van der Waals surface area contributed by atoms with Crippen molar-refractivity contribution in [2.24, 2.45) is 0 Å². The smallest absolute Gasteiger partial charge is 0.202 e. The van der Waals surface area contributed by atoms with Crippen molar-refractivity contribution in [1.82, 2.24) is 0 Å². The van der Waals surface area contributed by atoms with Crippen LogP contribution >= 0.6 is 0 Å². The SMILES string of the molecule is Cc1ccc(S(=O)(=O)/C=C/F)cc1. The van der Waals surface area contributed by atoms with Gasteiger partial charge in [-0.2, -0.15) is 0 Å². The predicted molar refractivity (Wildman–Crippen MR) is 48.6 cm³/mol. The number of rotatable bonds is 2. The Labute approximate surface area is 76.6 Å². The largest absolute Gasteiger partial charge is 0.219 e. The van der Waals surface area contributed by atoms with Crippen LogP contribution in [0.15, 0.2) is 40.9 Å². The van der Waals surface area contributed by atoms with Gasteiger partial charge >= 0.3 is 0 Å². The summed E-state index contributed by atoms with van der Waals surface area (Å²) >= 11 is 0. The van der Waals surface area contributed by atoms with E-state index in [0.29, 0.717) is 5.41 Å². The first kappa shape index (κ1) is 9.92. The van der Waals surface area contributed by atoms with Gasteiger partial charge in [-0.05, 0) is 19.1 Å². The van der Waals surface area contributed by atoms with Gasteiger partial charge in [0.05, 0.1) is 16.6 Å².